The normalized spacial score (nSPS) is 13.6. The topological polar surface area (TPSA) is 18.5 Å². The third kappa shape index (κ3) is 9.36. The van der Waals surface area contributed by atoms with Crippen molar-refractivity contribution in [2.45, 2.75) is 129 Å². The van der Waals surface area contributed by atoms with Crippen LogP contribution in [-0.4, -0.2) is 32.3 Å². The first-order chi connectivity index (χ1) is 11.8. The third-order valence-electron chi connectivity index (χ3n) is 5.16. The van der Waals surface area contributed by atoms with Gasteiger partial charge < -0.3 is 8.85 Å². The van der Waals surface area contributed by atoms with Gasteiger partial charge in [0.1, 0.15) is 5.41 Å². The molecule has 0 aromatic carbocycles. The molecule has 0 fully saturated rings. The molecule has 5 heteroatoms. The molecule has 0 N–H and O–H groups in total. The first kappa shape index (κ1) is 25.6. The van der Waals surface area contributed by atoms with Gasteiger partial charge in [-0.25, -0.2) is 0 Å². The molecule has 0 bridgehead atoms. The fraction of sp³-hybridized carbons (Fsp3) is 1.00. The molecular weight excluding hydrogens is 356 g/mol. The molecule has 152 valence electrons. The van der Waals surface area contributed by atoms with Gasteiger partial charge in [-0.2, -0.15) is 0 Å². The Labute approximate surface area is 164 Å². The van der Waals surface area contributed by atoms with Gasteiger partial charge in [0.25, 0.3) is 0 Å². The van der Waals surface area contributed by atoms with Gasteiger partial charge in [0, 0.05) is 0 Å². The summed E-state index contributed by atoms with van der Waals surface area (Å²) < 4.78 is 14.1. The van der Waals surface area contributed by atoms with Crippen molar-refractivity contribution in [3.63, 3.8) is 0 Å². The zero-order valence-electron chi connectivity index (χ0n) is 18.8. The van der Waals surface area contributed by atoms with Crippen molar-refractivity contribution in [3.8, 4) is 0 Å². The van der Waals surface area contributed by atoms with Crippen LogP contribution in [-0.2, 0) is 8.85 Å². The predicted octanol–water partition coefficient (Wildman–Crippen LogP) is 6.41. The van der Waals surface area contributed by atoms with E-state index in [1.54, 1.807) is 0 Å². The lowest BCUT2D eigenvalue weighted by Gasteiger charge is -2.45. The largest absolute Gasteiger partial charge is 0.395 e. The van der Waals surface area contributed by atoms with E-state index in [0.717, 1.165) is 10.2 Å². The van der Waals surface area contributed by atoms with E-state index in [0.29, 0.717) is 0 Å². The quantitative estimate of drug-likeness (QED) is 0.218. The minimum atomic E-state index is -1.67. The molecule has 0 rings (SSSR count). The van der Waals surface area contributed by atoms with Crippen LogP contribution in [0, 0.1) is 0 Å². The zero-order chi connectivity index (χ0) is 19.4. The van der Waals surface area contributed by atoms with Gasteiger partial charge in [-0.15, -0.1) is 0 Å². The molecule has 0 unspecified atom stereocenters. The molecule has 0 aromatic rings. The average Bonchev–Trinajstić information content (AvgIpc) is 2.47. The van der Waals surface area contributed by atoms with E-state index in [9.17, 15) is 0 Å². The summed E-state index contributed by atoms with van der Waals surface area (Å²) in [6.45, 7) is 16.2. The van der Waals surface area contributed by atoms with Crippen molar-refractivity contribution in [3.05, 3.63) is 0 Å². The fourth-order valence-electron chi connectivity index (χ4n) is 4.85. The second-order valence-corrected chi connectivity index (χ2v) is 18.4. The molecule has 2 nitrogen and oxygen atoms in total. The molecule has 0 heterocycles. The van der Waals surface area contributed by atoms with E-state index >= 15 is 0 Å². The van der Waals surface area contributed by atoms with Crippen molar-refractivity contribution in [2.24, 2.45) is 0 Å². The lowest BCUT2D eigenvalue weighted by atomic mass is 10.6. The Hall–Kier alpha value is 0.571. The molecular formula is C20H48O2Si3. The second-order valence-electron chi connectivity index (χ2n) is 8.47. The molecule has 0 aliphatic heterocycles. The molecule has 0 saturated carbocycles. The lowest BCUT2D eigenvalue weighted by Crippen LogP contribution is -2.54. The third-order valence-corrected chi connectivity index (χ3v) is 16.7. The number of rotatable bonds is 16. The number of hydrogen-bond donors (Lipinski definition) is 0. The van der Waals surface area contributed by atoms with Crippen molar-refractivity contribution in [2.75, 3.05) is 0 Å². The first-order valence-electron chi connectivity index (χ1n) is 11.2. The highest BCUT2D eigenvalue weighted by Gasteiger charge is 2.43. The highest BCUT2D eigenvalue weighted by Crippen LogP contribution is 2.36. The second kappa shape index (κ2) is 12.9. The monoisotopic (exact) mass is 404 g/mol. The van der Waals surface area contributed by atoms with Gasteiger partial charge in [0.15, 0.2) is 16.6 Å². The summed E-state index contributed by atoms with van der Waals surface area (Å²) in [6.07, 6.45) is 7.53. The van der Waals surface area contributed by atoms with Gasteiger partial charge in [0.2, 0.25) is 0 Å². The first-order valence-corrected chi connectivity index (χ1v) is 17.2. The van der Waals surface area contributed by atoms with Crippen LogP contribution in [0.5, 0.6) is 0 Å². The van der Waals surface area contributed by atoms with Crippen molar-refractivity contribution >= 4 is 26.9 Å². The van der Waals surface area contributed by atoms with Crippen molar-refractivity contribution < 1.29 is 8.85 Å². The van der Waals surface area contributed by atoms with Crippen LogP contribution in [0.4, 0.5) is 0 Å². The van der Waals surface area contributed by atoms with Gasteiger partial charge in [0.05, 0.1) is 10.2 Å². The van der Waals surface area contributed by atoms with Crippen LogP contribution in [0.15, 0.2) is 0 Å². The van der Waals surface area contributed by atoms with E-state index in [1.165, 1.54) is 74.8 Å². The van der Waals surface area contributed by atoms with Gasteiger partial charge in [-0.3, -0.25) is 0 Å². The smallest absolute Gasteiger partial charge is 0.196 e. The minimum absolute atomic E-state index is 0.266. The van der Waals surface area contributed by atoms with Crippen molar-refractivity contribution in [1.29, 1.82) is 0 Å². The van der Waals surface area contributed by atoms with Gasteiger partial charge >= 0.3 is 0 Å². The molecule has 0 radical (unpaired) electrons. The SMILES string of the molecule is CCC[Si](CCC)(CCC)OC(C)([SiH3])O[Si](CCC)(CCC)CCC. The Bertz CT molecular complexity index is 271. The molecule has 0 saturated heterocycles. The van der Waals surface area contributed by atoms with Crippen LogP contribution >= 0.6 is 0 Å². The molecule has 0 spiro atoms. The molecule has 0 aliphatic carbocycles. The van der Waals surface area contributed by atoms with E-state index in [4.69, 9.17) is 8.85 Å². The maximum Gasteiger partial charge on any atom is 0.196 e. The summed E-state index contributed by atoms with van der Waals surface area (Å²) in [5.74, 6) is 0. The summed E-state index contributed by atoms with van der Waals surface area (Å²) >= 11 is 0. The Balaban J connectivity index is 5.43. The highest BCUT2D eigenvalue weighted by atomic mass is 28.4. The van der Waals surface area contributed by atoms with E-state index in [1.807, 2.05) is 0 Å². The average molecular weight is 405 g/mol. The molecule has 0 aliphatic rings. The molecule has 0 amide bonds. The molecule has 25 heavy (non-hydrogen) atoms. The molecule has 0 atom stereocenters. The summed E-state index contributed by atoms with van der Waals surface area (Å²) in [4.78, 5) is 0. The van der Waals surface area contributed by atoms with E-state index in [-0.39, 0.29) is 5.41 Å². The van der Waals surface area contributed by atoms with E-state index < -0.39 is 16.6 Å². The fourth-order valence-corrected chi connectivity index (χ4v) is 17.3. The van der Waals surface area contributed by atoms with Gasteiger partial charge in [-0.1, -0.05) is 80.1 Å². The summed E-state index contributed by atoms with van der Waals surface area (Å²) in [5, 5.41) is 0. The lowest BCUT2D eigenvalue weighted by molar-refractivity contribution is -0.0419. The zero-order valence-corrected chi connectivity index (χ0v) is 22.8. The standard InChI is InChI=1S/C20H48O2Si3/c1-8-14-24(15-9-2,16-10-3)21-20(7,23)22-25(17-11-4,18-12-5)19-13-6/h8-19H2,1-7,23H3. The Morgan fingerprint density at radius 2 is 0.760 bits per heavy atom. The maximum atomic E-state index is 7.05. The van der Waals surface area contributed by atoms with Crippen molar-refractivity contribution in [1.82, 2.24) is 0 Å². The summed E-state index contributed by atoms with van der Waals surface area (Å²) in [5.41, 5.74) is -0.266. The summed E-state index contributed by atoms with van der Waals surface area (Å²) in [7, 11) is -2.36. The van der Waals surface area contributed by atoms with Crippen LogP contribution < -0.4 is 0 Å². The summed E-state index contributed by atoms with van der Waals surface area (Å²) in [6, 6.07) is 7.83. The Morgan fingerprint density at radius 3 is 0.920 bits per heavy atom. The Morgan fingerprint density at radius 1 is 0.560 bits per heavy atom. The Kier molecular flexibility index (Phi) is 13.2. The van der Waals surface area contributed by atoms with E-state index in [2.05, 4.69) is 48.5 Å². The minimum Gasteiger partial charge on any atom is -0.395 e. The van der Waals surface area contributed by atoms with Crippen LogP contribution in [0.25, 0.3) is 0 Å². The molecule has 0 aromatic heterocycles. The van der Waals surface area contributed by atoms with Gasteiger partial charge in [-0.05, 0) is 43.2 Å². The maximum absolute atomic E-state index is 7.05. The highest BCUT2D eigenvalue weighted by molar-refractivity contribution is 6.75. The van der Waals surface area contributed by atoms with Crippen LogP contribution in [0.2, 0.25) is 36.3 Å². The number of hydrogen-bond acceptors (Lipinski definition) is 2. The van der Waals surface area contributed by atoms with Crippen LogP contribution in [0.1, 0.15) is 87.0 Å². The predicted molar refractivity (Wildman–Crippen MR) is 123 cm³/mol. The van der Waals surface area contributed by atoms with Crippen LogP contribution in [0.3, 0.4) is 0 Å².